The molecule has 1 aromatic heterocycles. The number of unbranched alkanes of at least 4 members (excludes halogenated alkanes) is 1. The van der Waals surface area contributed by atoms with Gasteiger partial charge in [0.1, 0.15) is 5.82 Å². The SMILES string of the molecule is CCCNCCCCn1c(C)nc2c1CCCC2. The molecule has 0 aromatic carbocycles. The first kappa shape index (κ1) is 13.6. The second kappa shape index (κ2) is 6.93. The minimum Gasteiger partial charge on any atom is -0.332 e. The van der Waals surface area contributed by atoms with Crippen LogP contribution in [0.5, 0.6) is 0 Å². The molecule has 0 saturated heterocycles. The van der Waals surface area contributed by atoms with E-state index >= 15 is 0 Å². The van der Waals surface area contributed by atoms with E-state index in [0.29, 0.717) is 0 Å². The van der Waals surface area contributed by atoms with E-state index in [-0.39, 0.29) is 0 Å². The maximum atomic E-state index is 4.73. The van der Waals surface area contributed by atoms with E-state index in [9.17, 15) is 0 Å². The van der Waals surface area contributed by atoms with Crippen LogP contribution in [0.4, 0.5) is 0 Å². The summed E-state index contributed by atoms with van der Waals surface area (Å²) in [6, 6.07) is 0. The van der Waals surface area contributed by atoms with Crippen molar-refractivity contribution in [3.63, 3.8) is 0 Å². The molecule has 0 unspecified atom stereocenters. The van der Waals surface area contributed by atoms with Gasteiger partial charge in [0.25, 0.3) is 0 Å². The van der Waals surface area contributed by atoms with Gasteiger partial charge in [0.05, 0.1) is 5.69 Å². The Hall–Kier alpha value is -0.830. The number of rotatable bonds is 7. The summed E-state index contributed by atoms with van der Waals surface area (Å²) in [7, 11) is 0. The average Bonchev–Trinajstić information content (AvgIpc) is 2.70. The van der Waals surface area contributed by atoms with Gasteiger partial charge in [-0.05, 0) is 65.0 Å². The average molecular weight is 249 g/mol. The van der Waals surface area contributed by atoms with Crippen LogP contribution < -0.4 is 5.32 Å². The molecule has 0 spiro atoms. The summed E-state index contributed by atoms with van der Waals surface area (Å²) in [4.78, 5) is 4.73. The minimum atomic E-state index is 1.15. The predicted molar refractivity (Wildman–Crippen MR) is 76.0 cm³/mol. The molecule has 1 aliphatic rings. The van der Waals surface area contributed by atoms with Gasteiger partial charge in [0, 0.05) is 12.2 Å². The van der Waals surface area contributed by atoms with Gasteiger partial charge in [-0.25, -0.2) is 4.98 Å². The highest BCUT2D eigenvalue weighted by atomic mass is 15.1. The molecule has 1 aromatic rings. The Labute approximate surface area is 111 Å². The van der Waals surface area contributed by atoms with Gasteiger partial charge in [-0.2, -0.15) is 0 Å². The Kier molecular flexibility index (Phi) is 5.24. The fourth-order valence-electron chi connectivity index (χ4n) is 2.85. The smallest absolute Gasteiger partial charge is 0.106 e. The topological polar surface area (TPSA) is 29.9 Å². The van der Waals surface area contributed by atoms with Crippen molar-refractivity contribution in [2.24, 2.45) is 0 Å². The molecule has 0 aliphatic heterocycles. The zero-order chi connectivity index (χ0) is 12.8. The highest BCUT2D eigenvalue weighted by Gasteiger charge is 2.17. The lowest BCUT2D eigenvalue weighted by molar-refractivity contribution is 0.537. The number of hydrogen-bond acceptors (Lipinski definition) is 2. The molecule has 1 aliphatic carbocycles. The number of imidazole rings is 1. The molecule has 1 N–H and O–H groups in total. The summed E-state index contributed by atoms with van der Waals surface area (Å²) in [5, 5.41) is 3.47. The Morgan fingerprint density at radius 1 is 1.17 bits per heavy atom. The van der Waals surface area contributed by atoms with Gasteiger partial charge in [-0.1, -0.05) is 6.92 Å². The molecule has 0 atom stereocenters. The highest BCUT2D eigenvalue weighted by molar-refractivity contribution is 5.19. The first-order chi connectivity index (χ1) is 8.83. The second-order valence-electron chi connectivity index (χ2n) is 5.37. The predicted octanol–water partition coefficient (Wildman–Crippen LogP) is 2.85. The molecular weight excluding hydrogens is 222 g/mol. The Morgan fingerprint density at radius 3 is 2.83 bits per heavy atom. The van der Waals surface area contributed by atoms with Crippen molar-refractivity contribution in [2.45, 2.75) is 65.3 Å². The lowest BCUT2D eigenvalue weighted by Gasteiger charge is -2.14. The summed E-state index contributed by atoms with van der Waals surface area (Å²) in [5.41, 5.74) is 2.91. The third-order valence-electron chi connectivity index (χ3n) is 3.84. The van der Waals surface area contributed by atoms with Crippen molar-refractivity contribution in [1.82, 2.24) is 14.9 Å². The highest BCUT2D eigenvalue weighted by Crippen LogP contribution is 2.22. The number of hydrogen-bond donors (Lipinski definition) is 1. The molecule has 0 radical (unpaired) electrons. The maximum absolute atomic E-state index is 4.73. The molecule has 1 heterocycles. The molecule has 0 fully saturated rings. The largest absolute Gasteiger partial charge is 0.332 e. The lowest BCUT2D eigenvalue weighted by Crippen LogP contribution is -2.17. The zero-order valence-corrected chi connectivity index (χ0v) is 12.0. The molecule has 2 rings (SSSR count). The van der Waals surface area contributed by atoms with Crippen LogP contribution in [0.2, 0.25) is 0 Å². The van der Waals surface area contributed by atoms with Crippen LogP contribution in [0.1, 0.15) is 56.2 Å². The van der Waals surface area contributed by atoms with Crippen molar-refractivity contribution in [1.29, 1.82) is 0 Å². The van der Waals surface area contributed by atoms with Gasteiger partial charge in [0.2, 0.25) is 0 Å². The molecular formula is C15H27N3. The Bertz CT molecular complexity index is 368. The molecule has 102 valence electrons. The van der Waals surface area contributed by atoms with E-state index in [4.69, 9.17) is 4.98 Å². The first-order valence-corrected chi connectivity index (χ1v) is 7.58. The van der Waals surface area contributed by atoms with Crippen LogP contribution in [0.3, 0.4) is 0 Å². The fourth-order valence-corrected chi connectivity index (χ4v) is 2.85. The van der Waals surface area contributed by atoms with Gasteiger partial charge < -0.3 is 9.88 Å². The van der Waals surface area contributed by atoms with Crippen molar-refractivity contribution in [3.8, 4) is 0 Å². The van der Waals surface area contributed by atoms with Crippen LogP contribution in [0.15, 0.2) is 0 Å². The van der Waals surface area contributed by atoms with Crippen LogP contribution in [0, 0.1) is 6.92 Å². The standard InChI is InChI=1S/C15H27N3/c1-3-10-16-11-6-7-12-18-13(2)17-14-8-4-5-9-15(14)18/h16H,3-12H2,1-2H3. The summed E-state index contributed by atoms with van der Waals surface area (Å²) >= 11 is 0. The van der Waals surface area contributed by atoms with Gasteiger partial charge in [-0.15, -0.1) is 0 Å². The van der Waals surface area contributed by atoms with Crippen LogP contribution in [0.25, 0.3) is 0 Å². The second-order valence-corrected chi connectivity index (χ2v) is 5.37. The number of aromatic nitrogens is 2. The fraction of sp³-hybridized carbons (Fsp3) is 0.800. The minimum absolute atomic E-state index is 1.15. The molecule has 3 heteroatoms. The number of nitrogens with zero attached hydrogens (tertiary/aromatic N) is 2. The van der Waals surface area contributed by atoms with E-state index in [1.54, 1.807) is 0 Å². The third kappa shape index (κ3) is 3.35. The number of fused-ring (bicyclic) bond motifs is 1. The van der Waals surface area contributed by atoms with E-state index in [2.05, 4.69) is 23.7 Å². The van der Waals surface area contributed by atoms with Crippen LogP contribution >= 0.6 is 0 Å². The first-order valence-electron chi connectivity index (χ1n) is 7.58. The molecule has 0 saturated carbocycles. The molecule has 18 heavy (non-hydrogen) atoms. The Morgan fingerprint density at radius 2 is 2.00 bits per heavy atom. The molecule has 3 nitrogen and oxygen atoms in total. The van der Waals surface area contributed by atoms with E-state index in [0.717, 1.165) is 19.6 Å². The lowest BCUT2D eigenvalue weighted by atomic mass is 10.0. The summed E-state index contributed by atoms with van der Waals surface area (Å²) in [5.74, 6) is 1.23. The van der Waals surface area contributed by atoms with Crippen LogP contribution in [-0.4, -0.2) is 22.6 Å². The quantitative estimate of drug-likeness (QED) is 0.753. The zero-order valence-electron chi connectivity index (χ0n) is 12.0. The van der Waals surface area contributed by atoms with Gasteiger partial charge in [0.15, 0.2) is 0 Å². The summed E-state index contributed by atoms with van der Waals surface area (Å²) < 4.78 is 2.47. The van der Waals surface area contributed by atoms with Crippen molar-refractivity contribution in [3.05, 3.63) is 17.2 Å². The maximum Gasteiger partial charge on any atom is 0.106 e. The van der Waals surface area contributed by atoms with Crippen molar-refractivity contribution >= 4 is 0 Å². The normalized spacial score (nSPS) is 14.8. The van der Waals surface area contributed by atoms with Gasteiger partial charge in [-0.3, -0.25) is 0 Å². The van der Waals surface area contributed by atoms with Crippen molar-refractivity contribution in [2.75, 3.05) is 13.1 Å². The Balaban J connectivity index is 1.80. The van der Waals surface area contributed by atoms with E-state index in [1.807, 2.05) is 0 Å². The number of nitrogens with one attached hydrogen (secondary N) is 1. The monoisotopic (exact) mass is 249 g/mol. The summed E-state index contributed by atoms with van der Waals surface area (Å²) in [6.45, 7) is 7.84. The van der Waals surface area contributed by atoms with Crippen molar-refractivity contribution < 1.29 is 0 Å². The van der Waals surface area contributed by atoms with E-state index < -0.39 is 0 Å². The molecule has 0 bridgehead atoms. The summed E-state index contributed by atoms with van der Waals surface area (Å²) in [6.07, 6.45) is 8.87. The van der Waals surface area contributed by atoms with E-state index in [1.165, 1.54) is 62.2 Å². The van der Waals surface area contributed by atoms with Crippen LogP contribution in [-0.2, 0) is 19.4 Å². The number of aryl methyl sites for hydroxylation is 2. The third-order valence-corrected chi connectivity index (χ3v) is 3.84. The van der Waals surface area contributed by atoms with Gasteiger partial charge >= 0.3 is 0 Å². The molecule has 0 amide bonds.